The van der Waals surface area contributed by atoms with Crippen molar-refractivity contribution in [2.24, 2.45) is 0 Å². The average Bonchev–Trinajstić information content (AvgIpc) is 2.79. The molecule has 1 fully saturated rings. The molecule has 1 saturated heterocycles. The summed E-state index contributed by atoms with van der Waals surface area (Å²) in [4.78, 5) is 37.6. The van der Waals surface area contributed by atoms with Crippen molar-refractivity contribution in [3.05, 3.63) is 42.0 Å². The molecular weight excluding hydrogens is 432 g/mol. The Morgan fingerprint density at radius 3 is 2.56 bits per heavy atom. The van der Waals surface area contributed by atoms with Gasteiger partial charge in [-0.25, -0.2) is 22.3 Å². The minimum atomic E-state index is -3.97. The molecule has 0 bridgehead atoms. The first-order chi connectivity index (χ1) is 15.3. The maximum Gasteiger partial charge on any atom is 0.331 e. The van der Waals surface area contributed by atoms with Gasteiger partial charge in [-0.15, -0.1) is 0 Å². The van der Waals surface area contributed by atoms with E-state index in [1.54, 1.807) is 12.1 Å². The van der Waals surface area contributed by atoms with Crippen molar-refractivity contribution < 1.29 is 22.8 Å². The molecule has 1 aromatic rings. The first kappa shape index (κ1) is 23.8. The number of carbonyl (C=O) groups is 3. The number of allylic oxidation sites excluding steroid dienone is 1. The number of carbonyl (C=O) groups excluding carboxylic acids is 3. The van der Waals surface area contributed by atoms with Gasteiger partial charge in [0.2, 0.25) is 5.91 Å². The van der Waals surface area contributed by atoms with Crippen LogP contribution in [-0.2, 0) is 21.2 Å². The Balaban J connectivity index is 1.52. The Bertz CT molecular complexity index is 975. The van der Waals surface area contributed by atoms with E-state index in [1.807, 2.05) is 12.2 Å². The van der Waals surface area contributed by atoms with Crippen molar-refractivity contribution in [2.75, 3.05) is 20.1 Å². The molecule has 32 heavy (non-hydrogen) atoms. The fourth-order valence-electron chi connectivity index (χ4n) is 3.72. The van der Waals surface area contributed by atoms with Gasteiger partial charge in [0.15, 0.2) is 0 Å². The number of nitrogens with zero attached hydrogens (tertiary/aromatic N) is 2. The fraction of sp³-hybridized carbons (Fsp3) is 0.500. The number of likely N-dealkylation sites (tertiary alicyclic amines) is 1. The van der Waals surface area contributed by atoms with E-state index in [4.69, 9.17) is 0 Å². The van der Waals surface area contributed by atoms with Crippen molar-refractivity contribution in [3.63, 3.8) is 0 Å². The number of piperidine rings is 1. The van der Waals surface area contributed by atoms with Gasteiger partial charge in [0.1, 0.15) is 0 Å². The minimum Gasteiger partial charge on any atom is -0.337 e. The average molecular weight is 463 g/mol. The summed E-state index contributed by atoms with van der Waals surface area (Å²) in [6, 6.07) is 5.11. The molecule has 0 spiro atoms. The van der Waals surface area contributed by atoms with Crippen LogP contribution in [0.2, 0.25) is 0 Å². The number of amides is 5. The third-order valence-corrected chi connectivity index (χ3v) is 7.48. The number of urea groups is 2. The molecular formula is C22H30N4O5S. The van der Waals surface area contributed by atoms with Crippen LogP contribution in [0.5, 0.6) is 0 Å². The summed E-state index contributed by atoms with van der Waals surface area (Å²) < 4.78 is 26.3. The van der Waals surface area contributed by atoms with E-state index in [-0.39, 0.29) is 16.8 Å². The van der Waals surface area contributed by atoms with Gasteiger partial charge in [0.05, 0.1) is 4.90 Å². The van der Waals surface area contributed by atoms with Gasteiger partial charge in [-0.05, 0) is 56.2 Å². The van der Waals surface area contributed by atoms with Crippen LogP contribution >= 0.6 is 0 Å². The third kappa shape index (κ3) is 5.87. The van der Waals surface area contributed by atoms with E-state index < -0.39 is 22.1 Å². The minimum absolute atomic E-state index is 0.0189. The van der Waals surface area contributed by atoms with E-state index in [0.29, 0.717) is 32.4 Å². The number of hydrogen-bond donors (Lipinski definition) is 2. The predicted octanol–water partition coefficient (Wildman–Crippen LogP) is 2.39. The molecule has 0 radical (unpaired) electrons. The number of nitrogens with one attached hydrogen (secondary N) is 2. The monoisotopic (exact) mass is 462 g/mol. The van der Waals surface area contributed by atoms with E-state index in [1.165, 1.54) is 24.1 Å². The highest BCUT2D eigenvalue weighted by atomic mass is 32.2. The molecule has 9 nitrogen and oxygen atoms in total. The van der Waals surface area contributed by atoms with Crippen LogP contribution in [0.3, 0.4) is 0 Å². The summed E-state index contributed by atoms with van der Waals surface area (Å²) in [6.07, 6.45) is 8.87. The highest BCUT2D eigenvalue weighted by molar-refractivity contribution is 7.89. The lowest BCUT2D eigenvalue weighted by atomic mass is 10.0. The van der Waals surface area contributed by atoms with Crippen LogP contribution in [0.1, 0.15) is 44.1 Å². The van der Waals surface area contributed by atoms with Gasteiger partial charge in [-0.3, -0.25) is 9.69 Å². The number of imide groups is 1. The van der Waals surface area contributed by atoms with Gasteiger partial charge in [0.25, 0.3) is 10.0 Å². The van der Waals surface area contributed by atoms with Gasteiger partial charge < -0.3 is 10.6 Å². The first-order valence-electron chi connectivity index (χ1n) is 10.9. The van der Waals surface area contributed by atoms with Crippen molar-refractivity contribution in [1.29, 1.82) is 0 Å². The molecule has 1 aliphatic carbocycles. The lowest BCUT2D eigenvalue weighted by Crippen LogP contribution is -2.46. The topological polar surface area (TPSA) is 116 Å². The predicted molar refractivity (Wildman–Crippen MR) is 119 cm³/mol. The van der Waals surface area contributed by atoms with E-state index in [9.17, 15) is 22.8 Å². The Hall–Kier alpha value is -2.88. The van der Waals surface area contributed by atoms with Gasteiger partial charge in [-0.1, -0.05) is 24.3 Å². The maximum absolute atomic E-state index is 12.8. The summed E-state index contributed by atoms with van der Waals surface area (Å²) in [6.45, 7) is 0.766. The van der Waals surface area contributed by atoms with Crippen LogP contribution in [0, 0.1) is 0 Å². The molecule has 1 aromatic carbocycles. The molecule has 174 valence electrons. The van der Waals surface area contributed by atoms with Gasteiger partial charge in [-0.2, -0.15) is 0 Å². The van der Waals surface area contributed by atoms with Crippen molar-refractivity contribution in [3.8, 4) is 0 Å². The lowest BCUT2D eigenvalue weighted by molar-refractivity contribution is -0.130. The zero-order valence-corrected chi connectivity index (χ0v) is 19.1. The second kappa shape index (κ2) is 10.6. The highest BCUT2D eigenvalue weighted by Gasteiger charge is 2.27. The largest absolute Gasteiger partial charge is 0.337 e. The maximum atomic E-state index is 12.8. The molecule has 5 amide bonds. The van der Waals surface area contributed by atoms with Crippen LogP contribution in [-0.4, -0.2) is 61.8 Å². The zero-order valence-electron chi connectivity index (χ0n) is 18.2. The SMILES string of the molecule is CN(C(=O)NC1CC=CCC1)S(=O)(=O)c1ccc(CCNC(=O)N2CCCCC2=O)cc1. The number of benzene rings is 1. The first-order valence-corrected chi connectivity index (χ1v) is 12.3. The molecule has 0 aromatic heterocycles. The summed E-state index contributed by atoms with van der Waals surface area (Å²) in [7, 11) is -2.73. The van der Waals surface area contributed by atoms with Crippen LogP contribution < -0.4 is 10.6 Å². The van der Waals surface area contributed by atoms with E-state index >= 15 is 0 Å². The third-order valence-electron chi connectivity index (χ3n) is 5.72. The molecule has 1 aliphatic heterocycles. The Morgan fingerprint density at radius 2 is 1.91 bits per heavy atom. The lowest BCUT2D eigenvalue weighted by Gasteiger charge is -2.25. The second-order valence-corrected chi connectivity index (χ2v) is 10.0. The smallest absolute Gasteiger partial charge is 0.331 e. The molecule has 1 atom stereocenters. The van der Waals surface area contributed by atoms with Gasteiger partial charge >= 0.3 is 12.1 Å². The molecule has 1 unspecified atom stereocenters. The van der Waals surface area contributed by atoms with Crippen molar-refractivity contribution in [2.45, 2.75) is 55.9 Å². The zero-order chi connectivity index (χ0) is 23.1. The molecule has 0 saturated carbocycles. The molecule has 1 heterocycles. The summed E-state index contributed by atoms with van der Waals surface area (Å²) >= 11 is 0. The van der Waals surface area contributed by atoms with Crippen LogP contribution in [0.4, 0.5) is 9.59 Å². The number of sulfonamides is 1. The van der Waals surface area contributed by atoms with Crippen molar-refractivity contribution in [1.82, 2.24) is 19.8 Å². The molecule has 2 N–H and O–H groups in total. The Morgan fingerprint density at radius 1 is 1.16 bits per heavy atom. The van der Waals surface area contributed by atoms with Crippen LogP contribution in [0.25, 0.3) is 0 Å². The quantitative estimate of drug-likeness (QED) is 0.630. The van der Waals surface area contributed by atoms with Gasteiger partial charge in [0, 0.05) is 32.6 Å². The Labute approximate surface area is 188 Å². The fourth-order valence-corrected chi connectivity index (χ4v) is 4.78. The highest BCUT2D eigenvalue weighted by Crippen LogP contribution is 2.17. The Kier molecular flexibility index (Phi) is 7.89. The summed E-state index contributed by atoms with van der Waals surface area (Å²) in [5.74, 6) is -0.156. The second-order valence-electron chi connectivity index (χ2n) is 8.03. The van der Waals surface area contributed by atoms with E-state index in [0.717, 1.165) is 35.6 Å². The normalized spacial score (nSPS) is 18.8. The molecule has 3 rings (SSSR count). The summed E-state index contributed by atoms with van der Waals surface area (Å²) in [5.41, 5.74) is 0.829. The van der Waals surface area contributed by atoms with E-state index in [2.05, 4.69) is 10.6 Å². The van der Waals surface area contributed by atoms with Crippen LogP contribution in [0.15, 0.2) is 41.3 Å². The standard InChI is InChI=1S/C22H30N4O5S/c1-25(22(29)24-18-7-3-2-4-8-18)32(30,31)19-12-10-17(11-13-19)14-15-23-21(28)26-16-6-5-9-20(26)27/h2-3,10-13,18H,4-9,14-16H2,1H3,(H,23,28)(H,24,29). The molecule has 2 aliphatic rings. The number of hydrogen-bond acceptors (Lipinski definition) is 5. The molecule has 10 heteroatoms. The van der Waals surface area contributed by atoms with Crippen molar-refractivity contribution >= 4 is 28.0 Å². The summed E-state index contributed by atoms with van der Waals surface area (Å²) in [5, 5.41) is 5.49. The number of rotatable bonds is 6.